The normalized spacial score (nSPS) is 15.2. The summed E-state index contributed by atoms with van der Waals surface area (Å²) in [6.07, 6.45) is 3.00. The Morgan fingerprint density at radius 2 is 1.87 bits per heavy atom. The van der Waals surface area contributed by atoms with Crippen LogP contribution in [0.2, 0.25) is 0 Å². The molecule has 3 heterocycles. The van der Waals surface area contributed by atoms with Gasteiger partial charge in [-0.25, -0.2) is 13.4 Å². The number of anilines is 1. The van der Waals surface area contributed by atoms with Crippen LogP contribution in [0.1, 0.15) is 35.0 Å². The van der Waals surface area contributed by atoms with Gasteiger partial charge < -0.3 is 0 Å². The van der Waals surface area contributed by atoms with Gasteiger partial charge in [0.2, 0.25) is 15.2 Å². The minimum absolute atomic E-state index is 0.0425. The van der Waals surface area contributed by atoms with Gasteiger partial charge in [0.1, 0.15) is 0 Å². The average Bonchev–Trinajstić information content (AvgIpc) is 3.56. The zero-order valence-corrected chi connectivity index (χ0v) is 24.6. The highest BCUT2D eigenvalue weighted by atomic mass is 79.9. The fraction of sp³-hybridized carbons (Fsp3) is 0.240. The molecule has 0 atom stereocenters. The predicted octanol–water partition coefficient (Wildman–Crippen LogP) is 6.13. The summed E-state index contributed by atoms with van der Waals surface area (Å²) in [5.41, 5.74) is 0.895. The standard InChI is InChI=1S/C25H22BrN5O5S3/c1-16-10-12-29(13-11-16)39(35,36)20-6-2-17(3-7-20)24(32)30(27-15-19-5-9-23(37-19)31(33)34)25-28-21-8-4-18(26)14-22(21)38-25/h2-9,14-16H,10-13H2,1H3/b27-15+. The molecule has 0 spiro atoms. The molecule has 1 saturated heterocycles. The monoisotopic (exact) mass is 647 g/mol. The van der Waals surface area contributed by atoms with Crippen LogP contribution < -0.4 is 5.01 Å². The second kappa shape index (κ2) is 11.2. The molecule has 1 aliphatic rings. The van der Waals surface area contributed by atoms with Crippen molar-refractivity contribution in [2.24, 2.45) is 11.0 Å². The molecule has 10 nitrogen and oxygen atoms in total. The Labute approximate surface area is 240 Å². The molecule has 14 heteroatoms. The molecule has 0 saturated carbocycles. The van der Waals surface area contributed by atoms with Gasteiger partial charge in [-0.1, -0.05) is 45.5 Å². The molecule has 0 bridgehead atoms. The fourth-order valence-electron chi connectivity index (χ4n) is 4.06. The smallest absolute Gasteiger partial charge is 0.267 e. The van der Waals surface area contributed by atoms with Crippen LogP contribution in [0.4, 0.5) is 10.1 Å². The number of fused-ring (bicyclic) bond motifs is 1. The number of aromatic nitrogens is 1. The number of nitro groups is 1. The zero-order valence-electron chi connectivity index (χ0n) is 20.6. The number of amides is 1. The molecule has 39 heavy (non-hydrogen) atoms. The number of rotatable bonds is 7. The molecule has 1 fully saturated rings. The lowest BCUT2D eigenvalue weighted by Crippen LogP contribution is -2.37. The number of nitrogens with zero attached hydrogens (tertiary/aromatic N) is 5. The molecule has 202 valence electrons. The van der Waals surface area contributed by atoms with E-state index in [4.69, 9.17) is 0 Å². The number of carbonyl (C=O) groups is 1. The average molecular weight is 649 g/mol. The summed E-state index contributed by atoms with van der Waals surface area (Å²) in [5.74, 6) is -0.0295. The van der Waals surface area contributed by atoms with Gasteiger partial charge in [-0.2, -0.15) is 14.4 Å². The minimum atomic E-state index is -3.66. The van der Waals surface area contributed by atoms with Crippen LogP contribution >= 0.6 is 38.6 Å². The Hall–Kier alpha value is -3.04. The van der Waals surface area contributed by atoms with Gasteiger partial charge in [0, 0.05) is 29.2 Å². The van der Waals surface area contributed by atoms with E-state index in [9.17, 15) is 23.3 Å². The van der Waals surface area contributed by atoms with Crippen molar-refractivity contribution in [2.45, 2.75) is 24.7 Å². The molecule has 0 unspecified atom stereocenters. The second-order valence-corrected chi connectivity index (χ2v) is 14.0. The summed E-state index contributed by atoms with van der Waals surface area (Å²) < 4.78 is 29.4. The van der Waals surface area contributed by atoms with Gasteiger partial charge in [0.05, 0.1) is 31.1 Å². The molecule has 1 amide bonds. The van der Waals surface area contributed by atoms with Crippen LogP contribution in [0.3, 0.4) is 0 Å². The maximum Gasteiger partial charge on any atom is 0.324 e. The van der Waals surface area contributed by atoms with E-state index >= 15 is 0 Å². The molecule has 4 aromatic rings. The number of piperidine rings is 1. The highest BCUT2D eigenvalue weighted by Gasteiger charge is 2.29. The summed E-state index contributed by atoms with van der Waals surface area (Å²) >= 11 is 5.62. The van der Waals surface area contributed by atoms with Crippen molar-refractivity contribution < 1.29 is 18.1 Å². The Bertz CT molecular complexity index is 1680. The first-order valence-electron chi connectivity index (χ1n) is 11.9. The topological polar surface area (TPSA) is 126 Å². The maximum atomic E-state index is 13.6. The molecular formula is C25H22BrN5O5S3. The minimum Gasteiger partial charge on any atom is -0.267 e. The van der Waals surface area contributed by atoms with E-state index in [1.807, 2.05) is 18.2 Å². The first kappa shape index (κ1) is 27.5. The summed E-state index contributed by atoms with van der Waals surface area (Å²) in [4.78, 5) is 29.4. The number of carbonyl (C=O) groups excluding carboxylic acids is 1. The number of sulfonamides is 1. The number of thiophene rings is 1. The van der Waals surface area contributed by atoms with E-state index in [-0.39, 0.29) is 15.5 Å². The van der Waals surface area contributed by atoms with Crippen molar-refractivity contribution in [3.63, 3.8) is 0 Å². The largest absolute Gasteiger partial charge is 0.324 e. The van der Waals surface area contributed by atoms with Gasteiger partial charge in [0.25, 0.3) is 5.91 Å². The van der Waals surface area contributed by atoms with Crippen molar-refractivity contribution in [3.05, 3.63) is 79.6 Å². The summed E-state index contributed by atoms with van der Waals surface area (Å²) in [5, 5.41) is 16.8. The third kappa shape index (κ3) is 5.94. The van der Waals surface area contributed by atoms with Gasteiger partial charge in [-0.15, -0.1) is 0 Å². The summed E-state index contributed by atoms with van der Waals surface area (Å²) in [6.45, 7) is 3.06. The van der Waals surface area contributed by atoms with E-state index in [1.54, 1.807) is 6.07 Å². The van der Waals surface area contributed by atoms with Gasteiger partial charge >= 0.3 is 5.00 Å². The number of hydrogen-bond acceptors (Lipinski definition) is 9. The summed E-state index contributed by atoms with van der Waals surface area (Å²) in [7, 11) is -3.66. The quantitative estimate of drug-likeness (QED) is 0.135. The van der Waals surface area contributed by atoms with Crippen LogP contribution in [0.25, 0.3) is 10.2 Å². The molecule has 2 aromatic heterocycles. The molecule has 0 N–H and O–H groups in total. The molecule has 0 aliphatic carbocycles. The van der Waals surface area contributed by atoms with Gasteiger partial charge in [-0.3, -0.25) is 14.9 Å². The van der Waals surface area contributed by atoms with Crippen molar-refractivity contribution >= 4 is 81.1 Å². The number of hydrazone groups is 1. The van der Waals surface area contributed by atoms with Crippen LogP contribution in [-0.2, 0) is 10.0 Å². The molecule has 1 aliphatic heterocycles. The molecular weight excluding hydrogens is 626 g/mol. The van der Waals surface area contributed by atoms with E-state index in [0.29, 0.717) is 34.5 Å². The first-order valence-corrected chi connectivity index (χ1v) is 15.8. The lowest BCUT2D eigenvalue weighted by Gasteiger charge is -2.29. The van der Waals surface area contributed by atoms with E-state index in [1.165, 1.54) is 52.2 Å². The van der Waals surface area contributed by atoms with Crippen LogP contribution in [-0.4, -0.2) is 47.8 Å². The lowest BCUT2D eigenvalue weighted by molar-refractivity contribution is -0.380. The number of thiazole rings is 1. The number of halogens is 1. The SMILES string of the molecule is CC1CCN(S(=O)(=O)c2ccc(C(=O)N(/N=C/c3ccc([N+](=O)[O-])s3)c3nc4ccc(Br)cc4s3)cc2)CC1. The van der Waals surface area contributed by atoms with Crippen molar-refractivity contribution in [3.8, 4) is 0 Å². The molecule has 0 radical (unpaired) electrons. The number of hydrogen-bond donors (Lipinski definition) is 0. The Morgan fingerprint density at radius 3 is 2.54 bits per heavy atom. The number of benzene rings is 2. The lowest BCUT2D eigenvalue weighted by atomic mass is 10.0. The highest BCUT2D eigenvalue weighted by Crippen LogP contribution is 2.32. The van der Waals surface area contributed by atoms with Gasteiger partial charge in [-0.05, 0) is 67.3 Å². The van der Waals surface area contributed by atoms with E-state index < -0.39 is 20.9 Å². The Kier molecular flexibility index (Phi) is 7.91. The second-order valence-electron chi connectivity index (χ2n) is 9.01. The summed E-state index contributed by atoms with van der Waals surface area (Å²) in [6, 6.07) is 14.2. The van der Waals surface area contributed by atoms with Crippen molar-refractivity contribution in [1.82, 2.24) is 9.29 Å². The van der Waals surface area contributed by atoms with Crippen LogP contribution in [0.15, 0.2) is 69.1 Å². The third-order valence-corrected chi connectivity index (χ3v) is 10.7. The molecule has 2 aromatic carbocycles. The first-order chi connectivity index (χ1) is 18.6. The van der Waals surface area contributed by atoms with E-state index in [0.717, 1.165) is 38.4 Å². The maximum absolute atomic E-state index is 13.6. The predicted molar refractivity (Wildman–Crippen MR) is 156 cm³/mol. The Balaban J connectivity index is 1.46. The molecule has 5 rings (SSSR count). The van der Waals surface area contributed by atoms with Gasteiger partial charge in [0.15, 0.2) is 0 Å². The van der Waals surface area contributed by atoms with Crippen molar-refractivity contribution in [2.75, 3.05) is 18.1 Å². The third-order valence-electron chi connectivity index (χ3n) is 6.29. The Morgan fingerprint density at radius 1 is 1.15 bits per heavy atom. The van der Waals surface area contributed by atoms with Crippen LogP contribution in [0, 0.1) is 16.0 Å². The van der Waals surface area contributed by atoms with Crippen LogP contribution in [0.5, 0.6) is 0 Å². The fourth-order valence-corrected chi connectivity index (χ4v) is 7.69. The van der Waals surface area contributed by atoms with E-state index in [2.05, 4.69) is 32.9 Å². The van der Waals surface area contributed by atoms with Crippen molar-refractivity contribution in [1.29, 1.82) is 0 Å². The highest BCUT2D eigenvalue weighted by molar-refractivity contribution is 9.10. The zero-order chi connectivity index (χ0) is 27.7.